The van der Waals surface area contributed by atoms with Gasteiger partial charge in [-0.2, -0.15) is 0 Å². The summed E-state index contributed by atoms with van der Waals surface area (Å²) in [6.07, 6.45) is 0.890. The molecule has 0 radical (unpaired) electrons. The van der Waals surface area contributed by atoms with Crippen LogP contribution in [0.3, 0.4) is 0 Å². The zero-order chi connectivity index (χ0) is 46.0. The number of aromatic hydroxyl groups is 3. The second kappa shape index (κ2) is 16.9. The predicted molar refractivity (Wildman–Crippen MR) is 256 cm³/mol. The van der Waals surface area contributed by atoms with Gasteiger partial charge < -0.3 is 46.0 Å². The summed E-state index contributed by atoms with van der Waals surface area (Å²) < 4.78 is 0. The van der Waals surface area contributed by atoms with Gasteiger partial charge in [0, 0.05) is 38.8 Å². The largest absolute Gasteiger partial charge is 0.507 e. The van der Waals surface area contributed by atoms with Crippen molar-refractivity contribution < 1.29 is 46.0 Å². The lowest BCUT2D eigenvalue weighted by atomic mass is 9.63. The lowest BCUT2D eigenvalue weighted by Crippen LogP contribution is -2.33. The van der Waals surface area contributed by atoms with Gasteiger partial charge in [-0.1, -0.05) is 85.8 Å². The fourth-order valence-electron chi connectivity index (χ4n) is 11.1. The molecule has 0 aliphatic heterocycles. The van der Waals surface area contributed by atoms with Gasteiger partial charge in [0.15, 0.2) is 0 Å². The number of fused-ring (bicyclic) bond motifs is 6. The molecule has 8 aromatic rings. The standard InChI is InChI=1S/C57H50O9/c1-31(35-19-39(27-60)55(65)40(20-35)28-61)57(16-15-32-17-37(25-58)54(64)38(18-32)26-59)51-23-33(36-21-41(29-62)56(66)42(22-36)30-63)9-11-46(51)47-12-10-34(24-52(47)57)43-13-14-50-45-6-3-2-5-44(45)49-8-4-7-48(43)53(49)50/h2-14,17-24,31,58-66H,15-16,25-30H2,1H3. The Bertz CT molecular complexity index is 3140. The first-order chi connectivity index (χ1) is 32.1. The average Bonchev–Trinajstić information content (AvgIpc) is 3.83. The van der Waals surface area contributed by atoms with Gasteiger partial charge in [-0.3, -0.25) is 0 Å². The van der Waals surface area contributed by atoms with Crippen LogP contribution in [0.25, 0.3) is 66.4 Å². The molecular formula is C57H50O9. The van der Waals surface area contributed by atoms with E-state index in [2.05, 4.69) is 91.9 Å². The van der Waals surface area contributed by atoms with Gasteiger partial charge in [-0.05, 0) is 156 Å². The lowest BCUT2D eigenvalue weighted by Gasteiger charge is -2.40. The third kappa shape index (κ3) is 6.61. The van der Waals surface area contributed by atoms with Crippen molar-refractivity contribution in [1.29, 1.82) is 0 Å². The Morgan fingerprint density at radius 1 is 0.409 bits per heavy atom. The van der Waals surface area contributed by atoms with Crippen LogP contribution in [0.2, 0.25) is 0 Å². The Morgan fingerprint density at radius 2 is 0.848 bits per heavy atom. The predicted octanol–water partition coefficient (Wildman–Crippen LogP) is 9.59. The Kier molecular flexibility index (Phi) is 11.0. The van der Waals surface area contributed by atoms with E-state index < -0.39 is 51.0 Å². The van der Waals surface area contributed by atoms with Crippen molar-refractivity contribution in [2.45, 2.75) is 70.7 Å². The van der Waals surface area contributed by atoms with Crippen molar-refractivity contribution in [3.05, 3.63) is 183 Å². The molecule has 0 aromatic heterocycles. The Balaban J connectivity index is 1.25. The highest BCUT2D eigenvalue weighted by molar-refractivity contribution is 6.18. The minimum atomic E-state index is -0.884. The Labute approximate surface area is 382 Å². The van der Waals surface area contributed by atoms with Crippen molar-refractivity contribution in [2.75, 3.05) is 0 Å². The smallest absolute Gasteiger partial charge is 0.126 e. The van der Waals surface area contributed by atoms with E-state index in [1.807, 2.05) is 6.07 Å². The third-order valence-electron chi connectivity index (χ3n) is 14.4. The summed E-state index contributed by atoms with van der Waals surface area (Å²) >= 11 is 0. The van der Waals surface area contributed by atoms with Crippen LogP contribution >= 0.6 is 0 Å². The normalized spacial score (nSPS) is 15.0. The molecule has 0 amide bonds. The zero-order valence-corrected chi connectivity index (χ0v) is 36.4. The van der Waals surface area contributed by atoms with E-state index in [4.69, 9.17) is 0 Å². The van der Waals surface area contributed by atoms with Crippen LogP contribution in [0.5, 0.6) is 17.2 Å². The van der Waals surface area contributed by atoms with E-state index in [1.54, 1.807) is 36.4 Å². The van der Waals surface area contributed by atoms with Crippen LogP contribution in [-0.4, -0.2) is 46.0 Å². The highest BCUT2D eigenvalue weighted by atomic mass is 16.3. The Hall–Kier alpha value is -6.82. The summed E-state index contributed by atoms with van der Waals surface area (Å²) in [5.74, 6) is -0.875. The first-order valence-corrected chi connectivity index (χ1v) is 22.2. The van der Waals surface area contributed by atoms with Crippen LogP contribution in [0.15, 0.2) is 127 Å². The molecule has 10 rings (SSSR count). The van der Waals surface area contributed by atoms with Crippen molar-refractivity contribution >= 4 is 10.8 Å². The molecule has 2 aliphatic carbocycles. The van der Waals surface area contributed by atoms with E-state index in [-0.39, 0.29) is 39.5 Å². The maximum atomic E-state index is 11.1. The maximum Gasteiger partial charge on any atom is 0.126 e. The number of rotatable bonds is 13. The van der Waals surface area contributed by atoms with Gasteiger partial charge in [-0.15, -0.1) is 0 Å². The van der Waals surface area contributed by atoms with Crippen LogP contribution in [-0.2, 0) is 51.5 Å². The number of hydrogen-bond acceptors (Lipinski definition) is 9. The molecule has 0 fully saturated rings. The second-order valence-electron chi connectivity index (χ2n) is 17.7. The van der Waals surface area contributed by atoms with Gasteiger partial charge >= 0.3 is 0 Å². The lowest BCUT2D eigenvalue weighted by molar-refractivity contribution is 0.262. The summed E-state index contributed by atoms with van der Waals surface area (Å²) in [7, 11) is 0. The second-order valence-corrected chi connectivity index (χ2v) is 17.7. The van der Waals surface area contributed by atoms with Crippen molar-refractivity contribution in [3.8, 4) is 72.9 Å². The summed E-state index contributed by atoms with van der Waals surface area (Å²) in [5.41, 5.74) is 14.7. The van der Waals surface area contributed by atoms with Crippen molar-refractivity contribution in [3.63, 3.8) is 0 Å². The molecule has 66 heavy (non-hydrogen) atoms. The van der Waals surface area contributed by atoms with Gasteiger partial charge in [0.1, 0.15) is 17.2 Å². The minimum Gasteiger partial charge on any atom is -0.507 e. The molecule has 0 spiro atoms. The highest BCUT2D eigenvalue weighted by Crippen LogP contribution is 2.60. The molecular weight excluding hydrogens is 829 g/mol. The SMILES string of the molecule is CC(c1cc(CO)c(O)c(CO)c1)C1(CCc2cc(CO)c(O)c(CO)c2)c2cc(-c3cc(CO)c(O)c(CO)c3)ccc2-c2ccc(-c3ccc4c5c(cccc35)-c3ccccc3-4)cc21. The fraction of sp³-hybridized carbons (Fsp3) is 0.193. The molecule has 2 atom stereocenters. The van der Waals surface area contributed by atoms with Crippen LogP contribution in [0, 0.1) is 0 Å². The van der Waals surface area contributed by atoms with E-state index >= 15 is 0 Å². The molecule has 9 heteroatoms. The summed E-state index contributed by atoms with van der Waals surface area (Å²) in [5, 5.41) is 97.3. The maximum absolute atomic E-state index is 11.1. The van der Waals surface area contributed by atoms with Gasteiger partial charge in [0.05, 0.1) is 39.6 Å². The first-order valence-electron chi connectivity index (χ1n) is 22.2. The molecule has 2 unspecified atom stereocenters. The van der Waals surface area contributed by atoms with E-state index in [0.29, 0.717) is 29.5 Å². The van der Waals surface area contributed by atoms with Crippen LogP contribution < -0.4 is 0 Å². The number of aryl methyl sites for hydroxylation is 1. The molecule has 2 aliphatic rings. The first kappa shape index (κ1) is 43.1. The topological polar surface area (TPSA) is 182 Å². The average molecular weight is 879 g/mol. The van der Waals surface area contributed by atoms with Crippen LogP contribution in [0.4, 0.5) is 0 Å². The van der Waals surface area contributed by atoms with Crippen LogP contribution in [0.1, 0.15) is 74.9 Å². The van der Waals surface area contributed by atoms with E-state index in [9.17, 15) is 46.0 Å². The molecule has 9 nitrogen and oxygen atoms in total. The molecule has 0 heterocycles. The third-order valence-corrected chi connectivity index (χ3v) is 14.4. The molecule has 8 aromatic carbocycles. The minimum absolute atomic E-state index is 0.151. The van der Waals surface area contributed by atoms with E-state index in [0.717, 1.165) is 55.5 Å². The monoisotopic (exact) mass is 878 g/mol. The molecule has 0 saturated heterocycles. The summed E-state index contributed by atoms with van der Waals surface area (Å²) in [4.78, 5) is 0. The fourth-order valence-corrected chi connectivity index (χ4v) is 11.1. The zero-order valence-electron chi connectivity index (χ0n) is 36.4. The Morgan fingerprint density at radius 3 is 1.39 bits per heavy atom. The van der Waals surface area contributed by atoms with E-state index in [1.165, 1.54) is 27.6 Å². The number of benzene rings is 8. The molecule has 0 bridgehead atoms. The van der Waals surface area contributed by atoms with Gasteiger partial charge in [-0.25, -0.2) is 0 Å². The summed E-state index contributed by atoms with van der Waals surface area (Å²) in [6, 6.07) is 42.8. The van der Waals surface area contributed by atoms with Gasteiger partial charge in [0.25, 0.3) is 0 Å². The number of hydrogen-bond donors (Lipinski definition) is 9. The number of aliphatic hydroxyl groups is 6. The van der Waals surface area contributed by atoms with Crippen molar-refractivity contribution in [1.82, 2.24) is 0 Å². The molecule has 332 valence electrons. The number of phenols is 3. The summed E-state index contributed by atoms with van der Waals surface area (Å²) in [6.45, 7) is -0.508. The highest BCUT2D eigenvalue weighted by Gasteiger charge is 2.48. The molecule has 0 saturated carbocycles. The number of aliphatic hydroxyl groups excluding tert-OH is 6. The van der Waals surface area contributed by atoms with Gasteiger partial charge in [0.2, 0.25) is 0 Å². The quantitative estimate of drug-likeness (QED) is 0.0545. The van der Waals surface area contributed by atoms with Crippen molar-refractivity contribution in [2.24, 2.45) is 0 Å². The molecule has 9 N–H and O–H groups in total.